The summed E-state index contributed by atoms with van der Waals surface area (Å²) in [5.74, 6) is 0. The Morgan fingerprint density at radius 2 is 2.04 bits per heavy atom. The van der Waals surface area contributed by atoms with E-state index in [0.717, 1.165) is 31.7 Å². The Labute approximate surface area is 151 Å². The van der Waals surface area contributed by atoms with Crippen LogP contribution >= 0.6 is 0 Å². The Bertz CT molecular complexity index is 521. The summed E-state index contributed by atoms with van der Waals surface area (Å²) in [6.45, 7) is 7.41. The van der Waals surface area contributed by atoms with E-state index in [2.05, 4.69) is 20.9 Å². The lowest BCUT2D eigenvalue weighted by molar-refractivity contribution is -0.0613. The Balaban J connectivity index is 1.34. The first-order chi connectivity index (χ1) is 12.4. The van der Waals surface area contributed by atoms with Crippen LogP contribution in [0.25, 0.3) is 0 Å². The number of piperidine rings is 1. The molecule has 5 nitrogen and oxygen atoms in total. The van der Waals surface area contributed by atoms with E-state index in [4.69, 9.17) is 9.47 Å². The Kier molecular flexibility index (Phi) is 5.98. The van der Waals surface area contributed by atoms with E-state index < -0.39 is 0 Å². The lowest BCUT2D eigenvalue weighted by atomic mass is 10.1. The minimum absolute atomic E-state index is 0.198. The smallest absolute Gasteiger partial charge is 0.0995 e. The maximum Gasteiger partial charge on any atom is 0.0995 e. The molecular formula is C20H31N3O2. The van der Waals surface area contributed by atoms with Gasteiger partial charge in [0.15, 0.2) is 0 Å². The molecule has 3 aliphatic rings. The number of aromatic nitrogens is 1. The number of rotatable bonds is 6. The second kappa shape index (κ2) is 8.58. The van der Waals surface area contributed by atoms with Gasteiger partial charge in [-0.1, -0.05) is 12.5 Å². The van der Waals surface area contributed by atoms with Crippen LogP contribution in [0.5, 0.6) is 0 Å². The Hall–Kier alpha value is -1.01. The van der Waals surface area contributed by atoms with Crippen LogP contribution in [0, 0.1) is 0 Å². The van der Waals surface area contributed by atoms with Crippen molar-refractivity contribution in [2.75, 3.05) is 39.3 Å². The Morgan fingerprint density at radius 1 is 1.12 bits per heavy atom. The van der Waals surface area contributed by atoms with Crippen molar-refractivity contribution in [3.05, 3.63) is 30.1 Å². The first-order valence-corrected chi connectivity index (χ1v) is 9.99. The summed E-state index contributed by atoms with van der Waals surface area (Å²) in [6, 6.07) is 4.57. The van der Waals surface area contributed by atoms with Gasteiger partial charge >= 0.3 is 0 Å². The number of fused-ring (bicyclic) bond motifs is 2. The zero-order valence-corrected chi connectivity index (χ0v) is 15.2. The summed E-state index contributed by atoms with van der Waals surface area (Å²) in [7, 11) is 0. The number of hydrogen-bond acceptors (Lipinski definition) is 5. The van der Waals surface area contributed by atoms with E-state index in [-0.39, 0.29) is 12.2 Å². The highest BCUT2D eigenvalue weighted by Crippen LogP contribution is 2.32. The average molecular weight is 345 g/mol. The first-order valence-electron chi connectivity index (χ1n) is 9.99. The van der Waals surface area contributed by atoms with Gasteiger partial charge in [-0.2, -0.15) is 0 Å². The fraction of sp³-hybridized carbons (Fsp3) is 0.750. The second-order valence-corrected chi connectivity index (χ2v) is 7.63. The highest BCUT2D eigenvalue weighted by molar-refractivity contribution is 5.07. The summed E-state index contributed by atoms with van der Waals surface area (Å²) < 4.78 is 12.5. The second-order valence-electron chi connectivity index (χ2n) is 7.63. The van der Waals surface area contributed by atoms with Crippen LogP contribution in [-0.2, 0) is 16.1 Å². The third-order valence-electron chi connectivity index (χ3n) is 5.99. The normalized spacial score (nSPS) is 31.1. The molecule has 4 rings (SSSR count). The van der Waals surface area contributed by atoms with Crippen molar-refractivity contribution in [3.8, 4) is 0 Å². The molecule has 0 amide bonds. The molecule has 0 N–H and O–H groups in total. The van der Waals surface area contributed by atoms with Crippen molar-refractivity contribution >= 4 is 0 Å². The van der Waals surface area contributed by atoms with Crippen LogP contribution in [0.2, 0.25) is 0 Å². The number of hydrogen-bond donors (Lipinski definition) is 0. The third kappa shape index (κ3) is 4.40. The summed E-state index contributed by atoms with van der Waals surface area (Å²) in [6.07, 6.45) is 10.6. The predicted octanol–water partition coefficient (Wildman–Crippen LogP) is 2.32. The summed E-state index contributed by atoms with van der Waals surface area (Å²) >= 11 is 0. The maximum absolute atomic E-state index is 6.34. The molecule has 2 saturated heterocycles. The average Bonchev–Trinajstić information content (AvgIpc) is 2.97. The molecule has 3 fully saturated rings. The molecule has 1 aromatic heterocycles. The lowest BCUT2D eigenvalue weighted by Gasteiger charge is -2.34. The number of pyridine rings is 1. The first kappa shape index (κ1) is 17.4. The van der Waals surface area contributed by atoms with Crippen LogP contribution in [0.15, 0.2) is 24.5 Å². The SMILES string of the molecule is c1cncc(COC2C3CCC2N(CCN2CCCCC2)CCO3)c1. The van der Waals surface area contributed by atoms with Crippen LogP contribution < -0.4 is 0 Å². The highest BCUT2D eigenvalue weighted by atomic mass is 16.5. The fourth-order valence-electron chi connectivity index (χ4n) is 4.59. The standard InChI is InChI=1S/C20H31N3O2/c1-2-9-22(10-3-1)11-12-23-13-14-24-19-7-6-18(23)20(19)25-16-17-5-4-8-21-15-17/h4-5,8,15,18-20H,1-3,6-7,9-14,16H2. The van der Waals surface area contributed by atoms with Gasteiger partial charge in [0.25, 0.3) is 0 Å². The molecule has 138 valence electrons. The van der Waals surface area contributed by atoms with Crippen molar-refractivity contribution in [1.29, 1.82) is 0 Å². The monoisotopic (exact) mass is 345 g/mol. The lowest BCUT2D eigenvalue weighted by Crippen LogP contribution is -2.46. The van der Waals surface area contributed by atoms with Crippen molar-refractivity contribution < 1.29 is 9.47 Å². The van der Waals surface area contributed by atoms with E-state index in [9.17, 15) is 0 Å². The van der Waals surface area contributed by atoms with Crippen molar-refractivity contribution in [1.82, 2.24) is 14.8 Å². The van der Waals surface area contributed by atoms with Gasteiger partial charge in [0.2, 0.25) is 0 Å². The zero-order valence-electron chi connectivity index (χ0n) is 15.2. The van der Waals surface area contributed by atoms with Gasteiger partial charge in [-0.25, -0.2) is 0 Å². The molecular weight excluding hydrogens is 314 g/mol. The highest BCUT2D eigenvalue weighted by Gasteiger charge is 2.42. The molecule has 1 saturated carbocycles. The van der Waals surface area contributed by atoms with Gasteiger partial charge in [-0.15, -0.1) is 0 Å². The van der Waals surface area contributed by atoms with Crippen LogP contribution in [-0.4, -0.2) is 72.4 Å². The molecule has 1 aliphatic carbocycles. The van der Waals surface area contributed by atoms with Gasteiger partial charge in [0.05, 0.1) is 25.4 Å². The zero-order chi connectivity index (χ0) is 16.9. The van der Waals surface area contributed by atoms with Crippen molar-refractivity contribution in [2.24, 2.45) is 0 Å². The van der Waals surface area contributed by atoms with Crippen LogP contribution in [0.3, 0.4) is 0 Å². The maximum atomic E-state index is 6.34. The predicted molar refractivity (Wildman–Crippen MR) is 97.4 cm³/mol. The number of nitrogens with zero attached hydrogens (tertiary/aromatic N) is 3. The molecule has 3 unspecified atom stereocenters. The summed E-state index contributed by atoms with van der Waals surface area (Å²) in [5, 5.41) is 0. The molecule has 5 heteroatoms. The molecule has 3 atom stereocenters. The van der Waals surface area contributed by atoms with Gasteiger partial charge in [0, 0.05) is 38.1 Å². The molecule has 25 heavy (non-hydrogen) atoms. The van der Waals surface area contributed by atoms with Gasteiger partial charge in [-0.3, -0.25) is 9.88 Å². The van der Waals surface area contributed by atoms with E-state index >= 15 is 0 Å². The minimum atomic E-state index is 0.198. The minimum Gasteiger partial charge on any atom is -0.374 e. The molecule has 0 spiro atoms. The number of likely N-dealkylation sites (tertiary alicyclic amines) is 1. The van der Waals surface area contributed by atoms with Gasteiger partial charge in [0.1, 0.15) is 0 Å². The fourth-order valence-corrected chi connectivity index (χ4v) is 4.59. The Morgan fingerprint density at radius 3 is 2.88 bits per heavy atom. The molecule has 2 aliphatic heterocycles. The van der Waals surface area contributed by atoms with Crippen LogP contribution in [0.1, 0.15) is 37.7 Å². The van der Waals surface area contributed by atoms with Crippen molar-refractivity contribution in [3.63, 3.8) is 0 Å². The summed E-state index contributed by atoms with van der Waals surface area (Å²) in [5.41, 5.74) is 1.14. The topological polar surface area (TPSA) is 37.8 Å². The van der Waals surface area contributed by atoms with Gasteiger partial charge in [-0.05, 0) is 50.4 Å². The van der Waals surface area contributed by atoms with E-state index in [1.54, 1.807) is 0 Å². The largest absolute Gasteiger partial charge is 0.374 e. The van der Waals surface area contributed by atoms with Crippen molar-refractivity contribution in [2.45, 2.75) is 57.0 Å². The molecule has 0 radical (unpaired) electrons. The van der Waals surface area contributed by atoms with E-state index in [1.807, 2.05) is 18.5 Å². The van der Waals surface area contributed by atoms with E-state index in [1.165, 1.54) is 45.3 Å². The summed E-state index contributed by atoms with van der Waals surface area (Å²) in [4.78, 5) is 9.46. The van der Waals surface area contributed by atoms with E-state index in [0.29, 0.717) is 12.6 Å². The molecule has 3 heterocycles. The molecule has 0 aromatic carbocycles. The number of ether oxygens (including phenoxy) is 2. The quantitative estimate of drug-likeness (QED) is 0.791. The molecule has 1 aromatic rings. The van der Waals surface area contributed by atoms with Gasteiger partial charge < -0.3 is 14.4 Å². The third-order valence-corrected chi connectivity index (χ3v) is 5.99. The molecule has 2 bridgehead atoms. The van der Waals surface area contributed by atoms with Crippen LogP contribution in [0.4, 0.5) is 0 Å².